The van der Waals surface area contributed by atoms with E-state index >= 15 is 0 Å². The van der Waals surface area contributed by atoms with Crippen molar-refractivity contribution in [2.45, 2.75) is 12.8 Å². The quantitative estimate of drug-likeness (QED) is 0.601. The molecule has 1 aliphatic rings. The second-order valence-electron chi connectivity index (χ2n) is 6.24. The van der Waals surface area contributed by atoms with Gasteiger partial charge in [0.15, 0.2) is 5.82 Å². The Balaban J connectivity index is 1.73. The summed E-state index contributed by atoms with van der Waals surface area (Å²) in [6, 6.07) is 9.77. The fourth-order valence-electron chi connectivity index (χ4n) is 3.32. The SMILES string of the molecule is [C-]#[N+][C@H]1CN(c2ccc(OC(F)F)cc2F)C(=O)N1c1cncc2ccccc12. The Morgan fingerprint density at radius 3 is 2.69 bits per heavy atom. The molecule has 2 aromatic carbocycles. The van der Waals surface area contributed by atoms with Crippen molar-refractivity contribution in [3.63, 3.8) is 0 Å². The molecule has 0 N–H and O–H groups in total. The number of halogens is 3. The van der Waals surface area contributed by atoms with Crippen molar-refractivity contribution < 1.29 is 22.7 Å². The third-order valence-electron chi connectivity index (χ3n) is 4.57. The zero-order valence-electron chi connectivity index (χ0n) is 14.8. The highest BCUT2D eigenvalue weighted by Gasteiger charge is 2.44. The lowest BCUT2D eigenvalue weighted by molar-refractivity contribution is -0.0499. The van der Waals surface area contributed by atoms with Gasteiger partial charge in [0.25, 0.3) is 0 Å². The van der Waals surface area contributed by atoms with E-state index in [1.807, 2.05) is 12.1 Å². The molecule has 1 aromatic heterocycles. The number of nitrogens with zero attached hydrogens (tertiary/aromatic N) is 4. The summed E-state index contributed by atoms with van der Waals surface area (Å²) >= 11 is 0. The van der Waals surface area contributed by atoms with Gasteiger partial charge < -0.3 is 4.74 Å². The minimum Gasteiger partial charge on any atom is -0.435 e. The van der Waals surface area contributed by atoms with E-state index in [1.165, 1.54) is 17.2 Å². The first kappa shape index (κ1) is 18.6. The van der Waals surface area contributed by atoms with Crippen LogP contribution in [-0.2, 0) is 0 Å². The first-order chi connectivity index (χ1) is 14.0. The second-order valence-corrected chi connectivity index (χ2v) is 6.24. The fourth-order valence-corrected chi connectivity index (χ4v) is 3.32. The number of alkyl halides is 2. The van der Waals surface area contributed by atoms with Crippen LogP contribution >= 0.6 is 0 Å². The van der Waals surface area contributed by atoms with Crippen molar-refractivity contribution in [3.05, 3.63) is 72.1 Å². The standard InChI is InChI=1S/C20H13F3N4O2/c1-24-18-11-26(16-7-6-13(8-15(16)21)29-19(22)23)20(28)27(18)17-10-25-9-12-4-2-3-5-14(12)17/h2-10,18-19H,11H2/t18-/m1/s1. The molecule has 1 fully saturated rings. The van der Waals surface area contributed by atoms with Crippen molar-refractivity contribution in [2.24, 2.45) is 0 Å². The van der Waals surface area contributed by atoms with Gasteiger partial charge in [-0.2, -0.15) is 8.78 Å². The number of carbonyl (C=O) groups excluding carboxylic acids is 1. The highest BCUT2D eigenvalue weighted by Crippen LogP contribution is 2.35. The molecular formula is C20H13F3N4O2. The maximum Gasteiger partial charge on any atom is 0.387 e. The summed E-state index contributed by atoms with van der Waals surface area (Å²) in [6.45, 7) is 4.31. The molecule has 3 aromatic rings. The van der Waals surface area contributed by atoms with Gasteiger partial charge in [-0.1, -0.05) is 24.3 Å². The third kappa shape index (κ3) is 3.29. The summed E-state index contributed by atoms with van der Waals surface area (Å²) in [4.78, 5) is 23.1. The topological polar surface area (TPSA) is 50.0 Å². The predicted octanol–water partition coefficient (Wildman–Crippen LogP) is 4.67. The Morgan fingerprint density at radius 2 is 1.97 bits per heavy atom. The van der Waals surface area contributed by atoms with Crippen molar-refractivity contribution >= 4 is 28.2 Å². The third-order valence-corrected chi connectivity index (χ3v) is 4.57. The molecule has 0 aliphatic carbocycles. The molecule has 9 heteroatoms. The van der Waals surface area contributed by atoms with Crippen molar-refractivity contribution in [1.82, 2.24) is 4.98 Å². The molecular weight excluding hydrogens is 385 g/mol. The fraction of sp³-hybridized carbons (Fsp3) is 0.150. The van der Waals surface area contributed by atoms with Crippen LogP contribution in [0.1, 0.15) is 0 Å². The number of anilines is 2. The monoisotopic (exact) mass is 398 g/mol. The van der Waals surface area contributed by atoms with Crippen molar-refractivity contribution in [2.75, 3.05) is 16.3 Å². The van der Waals surface area contributed by atoms with E-state index in [4.69, 9.17) is 6.57 Å². The zero-order valence-corrected chi connectivity index (χ0v) is 14.8. The highest BCUT2D eigenvalue weighted by molar-refractivity contribution is 6.11. The lowest BCUT2D eigenvalue weighted by atomic mass is 10.1. The summed E-state index contributed by atoms with van der Waals surface area (Å²) in [7, 11) is 0. The van der Waals surface area contributed by atoms with E-state index in [9.17, 15) is 18.0 Å². The molecule has 2 heterocycles. The van der Waals surface area contributed by atoms with E-state index in [-0.39, 0.29) is 18.0 Å². The van der Waals surface area contributed by atoms with E-state index < -0.39 is 24.6 Å². The van der Waals surface area contributed by atoms with E-state index in [1.54, 1.807) is 18.3 Å². The highest BCUT2D eigenvalue weighted by atomic mass is 19.3. The lowest BCUT2D eigenvalue weighted by Gasteiger charge is -2.19. The molecule has 1 atom stereocenters. The van der Waals surface area contributed by atoms with Gasteiger partial charge in [-0.3, -0.25) is 14.7 Å². The van der Waals surface area contributed by atoms with E-state index in [2.05, 4.69) is 14.6 Å². The lowest BCUT2D eigenvalue weighted by Crippen LogP contribution is -2.34. The summed E-state index contributed by atoms with van der Waals surface area (Å²) in [5.74, 6) is -1.26. The molecule has 2 amide bonds. The smallest absolute Gasteiger partial charge is 0.387 e. The van der Waals surface area contributed by atoms with Crippen LogP contribution in [0.4, 0.5) is 29.3 Å². The largest absolute Gasteiger partial charge is 0.435 e. The van der Waals surface area contributed by atoms with Crippen LogP contribution in [-0.4, -0.2) is 30.3 Å². The average Bonchev–Trinajstić information content (AvgIpc) is 3.03. The van der Waals surface area contributed by atoms with Crippen LogP contribution in [0.15, 0.2) is 54.9 Å². The second kappa shape index (κ2) is 7.31. The van der Waals surface area contributed by atoms with Gasteiger partial charge in [0.1, 0.15) is 12.3 Å². The number of hydrogen-bond acceptors (Lipinski definition) is 3. The number of pyridine rings is 1. The molecule has 0 unspecified atom stereocenters. The summed E-state index contributed by atoms with van der Waals surface area (Å²) in [6.07, 6.45) is 2.23. The maximum absolute atomic E-state index is 14.5. The molecule has 1 saturated heterocycles. The average molecular weight is 398 g/mol. The Morgan fingerprint density at radius 1 is 1.17 bits per heavy atom. The Hall–Kier alpha value is -3.80. The molecule has 29 heavy (non-hydrogen) atoms. The van der Waals surface area contributed by atoms with Crippen molar-refractivity contribution in [1.29, 1.82) is 0 Å². The number of rotatable bonds is 4. The van der Waals surface area contributed by atoms with Crippen LogP contribution in [0.2, 0.25) is 0 Å². The van der Waals surface area contributed by atoms with Gasteiger partial charge >= 0.3 is 18.8 Å². The van der Waals surface area contributed by atoms with Crippen LogP contribution in [0.5, 0.6) is 5.75 Å². The Kier molecular flexibility index (Phi) is 4.68. The number of carbonyl (C=O) groups is 1. The molecule has 146 valence electrons. The predicted molar refractivity (Wildman–Crippen MR) is 100 cm³/mol. The number of fused-ring (bicyclic) bond motifs is 1. The van der Waals surface area contributed by atoms with Gasteiger partial charge in [0, 0.05) is 23.0 Å². The number of amides is 2. The molecule has 0 saturated carbocycles. The van der Waals surface area contributed by atoms with Crippen LogP contribution in [0.25, 0.3) is 15.6 Å². The number of aromatic nitrogens is 1. The molecule has 1 aliphatic heterocycles. The molecule has 4 rings (SSSR count). The first-order valence-corrected chi connectivity index (χ1v) is 8.54. The summed E-state index contributed by atoms with van der Waals surface area (Å²) in [5.41, 5.74) is 0.315. The van der Waals surface area contributed by atoms with Gasteiger partial charge in [-0.05, 0) is 12.1 Å². The number of urea groups is 1. The molecule has 6 nitrogen and oxygen atoms in total. The minimum atomic E-state index is -3.09. The number of ether oxygens (including phenoxy) is 1. The number of benzene rings is 2. The Labute approximate surface area is 163 Å². The van der Waals surface area contributed by atoms with Crippen LogP contribution < -0.4 is 14.5 Å². The van der Waals surface area contributed by atoms with E-state index in [0.717, 1.165) is 27.8 Å². The van der Waals surface area contributed by atoms with Gasteiger partial charge in [0.05, 0.1) is 17.6 Å². The maximum atomic E-state index is 14.5. The summed E-state index contributed by atoms with van der Waals surface area (Å²) < 4.78 is 43.3. The summed E-state index contributed by atoms with van der Waals surface area (Å²) in [5, 5.41) is 1.52. The first-order valence-electron chi connectivity index (χ1n) is 8.54. The van der Waals surface area contributed by atoms with Crippen LogP contribution in [0, 0.1) is 12.4 Å². The van der Waals surface area contributed by atoms with Gasteiger partial charge in [-0.15, -0.1) is 0 Å². The molecule has 0 bridgehead atoms. The molecule has 0 radical (unpaired) electrons. The minimum absolute atomic E-state index is 0.0858. The normalized spacial score (nSPS) is 16.5. The number of hydrogen-bond donors (Lipinski definition) is 0. The molecule has 0 spiro atoms. The Bertz CT molecular complexity index is 1130. The van der Waals surface area contributed by atoms with E-state index in [0.29, 0.717) is 5.69 Å². The van der Waals surface area contributed by atoms with Gasteiger partial charge in [0.2, 0.25) is 0 Å². The zero-order chi connectivity index (χ0) is 20.5. The van der Waals surface area contributed by atoms with Gasteiger partial charge in [-0.25, -0.2) is 20.7 Å². The van der Waals surface area contributed by atoms with Crippen LogP contribution in [0.3, 0.4) is 0 Å². The van der Waals surface area contributed by atoms with Crippen molar-refractivity contribution in [3.8, 4) is 5.75 Å².